The number of hydrogen-bond acceptors (Lipinski definition) is 12. The smallest absolute Gasteiger partial charge is 0.265 e. The van der Waals surface area contributed by atoms with Gasteiger partial charge in [-0.3, -0.25) is 18.7 Å². The molecule has 1 fully saturated rings. The molecule has 12 nitrogen and oxygen atoms in total. The van der Waals surface area contributed by atoms with E-state index in [1.54, 1.807) is 12.3 Å². The SMILES string of the molecule is CCc1ccnc(C(SCCS(=O)(=O)O)C2CCCC(C(SCCS(=O)(=O)O)c3cc(C(C)=O)ncn3)C2=O)n1. The third kappa shape index (κ3) is 9.55. The van der Waals surface area contributed by atoms with Crippen molar-refractivity contribution >= 4 is 55.3 Å². The zero-order valence-corrected chi connectivity index (χ0v) is 25.3. The molecule has 1 aliphatic carbocycles. The lowest BCUT2D eigenvalue weighted by Crippen LogP contribution is -2.35. The summed E-state index contributed by atoms with van der Waals surface area (Å²) in [5.74, 6) is -2.21. The summed E-state index contributed by atoms with van der Waals surface area (Å²) < 4.78 is 64.0. The number of ketones is 2. The van der Waals surface area contributed by atoms with Crippen LogP contribution in [0.2, 0.25) is 0 Å². The van der Waals surface area contributed by atoms with E-state index in [0.717, 1.165) is 17.5 Å². The first-order chi connectivity index (χ1) is 18.8. The fourth-order valence-electron chi connectivity index (χ4n) is 4.52. The van der Waals surface area contributed by atoms with E-state index in [0.29, 0.717) is 37.2 Å². The van der Waals surface area contributed by atoms with Crippen LogP contribution in [-0.2, 0) is 31.5 Å². The lowest BCUT2D eigenvalue weighted by molar-refractivity contribution is -0.129. The van der Waals surface area contributed by atoms with Crippen LogP contribution in [0.15, 0.2) is 24.7 Å². The standard InChI is InChI=1S/C24H32N4O8S4/c1-3-16-7-8-25-24(28-16)23(38-10-12-40(34,35)36)18-6-4-5-17(21(18)30)22(37-9-11-39(31,32)33)20-13-19(15(2)29)26-14-27-20/h7-8,13-14,17-18,22-23H,3-6,9-12H2,1-2H3,(H,31,32,33)(H,34,35,36). The molecule has 0 amide bonds. The quantitative estimate of drug-likeness (QED) is 0.228. The highest BCUT2D eigenvalue weighted by atomic mass is 32.2. The fraction of sp³-hybridized carbons (Fsp3) is 0.583. The Bertz CT molecular complexity index is 1420. The first-order valence-corrected chi connectivity index (χ1v) is 17.9. The second-order valence-corrected chi connectivity index (χ2v) is 15.0. The lowest BCUT2D eigenvalue weighted by atomic mass is 9.76. The van der Waals surface area contributed by atoms with Gasteiger partial charge in [-0.2, -0.15) is 28.6 Å². The number of carbonyl (C=O) groups is 2. The van der Waals surface area contributed by atoms with Gasteiger partial charge in [0.15, 0.2) is 5.78 Å². The van der Waals surface area contributed by atoms with E-state index < -0.39 is 54.1 Å². The van der Waals surface area contributed by atoms with E-state index in [2.05, 4.69) is 19.9 Å². The lowest BCUT2D eigenvalue weighted by Gasteiger charge is -2.36. The first kappa shape index (κ1) is 32.5. The molecule has 2 aromatic heterocycles. The predicted octanol–water partition coefficient (Wildman–Crippen LogP) is 3.04. The molecule has 220 valence electrons. The number of hydrogen-bond donors (Lipinski definition) is 2. The van der Waals surface area contributed by atoms with Crippen molar-refractivity contribution in [3.05, 3.63) is 47.6 Å². The monoisotopic (exact) mass is 632 g/mol. The van der Waals surface area contributed by atoms with Crippen LogP contribution in [0.3, 0.4) is 0 Å². The van der Waals surface area contributed by atoms with Crippen molar-refractivity contribution in [1.29, 1.82) is 0 Å². The Morgan fingerprint density at radius 3 is 2.17 bits per heavy atom. The molecule has 1 aliphatic rings. The zero-order chi connectivity index (χ0) is 29.5. The van der Waals surface area contributed by atoms with Gasteiger partial charge in [-0.15, -0.1) is 11.8 Å². The minimum atomic E-state index is -4.24. The predicted molar refractivity (Wildman–Crippen MR) is 153 cm³/mol. The van der Waals surface area contributed by atoms with Crippen molar-refractivity contribution in [1.82, 2.24) is 19.9 Å². The molecule has 16 heteroatoms. The summed E-state index contributed by atoms with van der Waals surface area (Å²) in [6.07, 6.45) is 5.09. The maximum absolute atomic E-state index is 14.1. The summed E-state index contributed by atoms with van der Waals surface area (Å²) in [5.41, 5.74) is 1.33. The molecular weight excluding hydrogens is 601 g/mol. The molecule has 0 aromatic carbocycles. The Hall–Kier alpha value is -1.98. The Balaban J connectivity index is 1.97. The van der Waals surface area contributed by atoms with Crippen molar-refractivity contribution in [3.8, 4) is 0 Å². The summed E-state index contributed by atoms with van der Waals surface area (Å²) in [6.45, 7) is 3.28. The van der Waals surface area contributed by atoms with E-state index in [4.69, 9.17) is 0 Å². The van der Waals surface area contributed by atoms with E-state index >= 15 is 0 Å². The molecular formula is C24H32N4O8S4. The molecule has 4 atom stereocenters. The molecule has 1 saturated carbocycles. The third-order valence-corrected chi connectivity index (χ3v) is 11.1. The summed E-state index contributed by atoms with van der Waals surface area (Å²) >= 11 is 2.35. The third-order valence-electron chi connectivity index (χ3n) is 6.46. The van der Waals surface area contributed by atoms with Crippen LogP contribution in [0.1, 0.15) is 71.3 Å². The van der Waals surface area contributed by atoms with Crippen molar-refractivity contribution in [2.24, 2.45) is 11.8 Å². The Kier molecular flexibility index (Phi) is 11.6. The molecule has 4 unspecified atom stereocenters. The number of rotatable bonds is 14. The van der Waals surface area contributed by atoms with E-state index in [9.17, 15) is 35.5 Å². The van der Waals surface area contributed by atoms with E-state index in [1.807, 2.05) is 6.92 Å². The Morgan fingerprint density at radius 1 is 1.00 bits per heavy atom. The second kappa shape index (κ2) is 14.3. The van der Waals surface area contributed by atoms with Gasteiger partial charge in [0, 0.05) is 42.2 Å². The summed E-state index contributed by atoms with van der Waals surface area (Å²) in [4.78, 5) is 43.4. The topological polar surface area (TPSA) is 194 Å². The summed E-state index contributed by atoms with van der Waals surface area (Å²) in [6, 6.07) is 3.26. The summed E-state index contributed by atoms with van der Waals surface area (Å²) in [5, 5.41) is -1.20. The average Bonchev–Trinajstić information content (AvgIpc) is 2.89. The van der Waals surface area contributed by atoms with Crippen LogP contribution >= 0.6 is 23.5 Å². The van der Waals surface area contributed by atoms with Crippen LogP contribution in [0.4, 0.5) is 0 Å². The highest BCUT2D eigenvalue weighted by Crippen LogP contribution is 2.48. The molecule has 3 rings (SSSR count). The number of thioether (sulfide) groups is 2. The van der Waals surface area contributed by atoms with Gasteiger partial charge in [0.25, 0.3) is 20.2 Å². The van der Waals surface area contributed by atoms with Gasteiger partial charge in [-0.25, -0.2) is 19.9 Å². The Morgan fingerprint density at radius 2 is 1.60 bits per heavy atom. The van der Waals surface area contributed by atoms with Crippen LogP contribution in [0.5, 0.6) is 0 Å². The first-order valence-electron chi connectivity index (χ1n) is 12.6. The van der Waals surface area contributed by atoms with Crippen molar-refractivity contribution in [2.45, 2.75) is 50.0 Å². The molecule has 0 radical (unpaired) electrons. The fourth-order valence-corrected chi connectivity index (χ4v) is 9.05. The van der Waals surface area contributed by atoms with Gasteiger partial charge in [0.1, 0.15) is 23.6 Å². The van der Waals surface area contributed by atoms with Crippen LogP contribution < -0.4 is 0 Å². The van der Waals surface area contributed by atoms with Crippen LogP contribution in [0, 0.1) is 11.8 Å². The maximum atomic E-state index is 14.1. The highest BCUT2D eigenvalue weighted by molar-refractivity contribution is 8.00. The number of carbonyl (C=O) groups excluding carboxylic acids is 2. The molecule has 0 aliphatic heterocycles. The van der Waals surface area contributed by atoms with Gasteiger partial charge in [-0.05, 0) is 31.4 Å². The molecule has 0 spiro atoms. The number of nitrogens with zero attached hydrogens (tertiary/aromatic N) is 4. The molecule has 0 bridgehead atoms. The van der Waals surface area contributed by atoms with Gasteiger partial charge in [0.2, 0.25) is 0 Å². The van der Waals surface area contributed by atoms with Gasteiger partial charge >= 0.3 is 0 Å². The molecule has 2 N–H and O–H groups in total. The number of aromatic nitrogens is 4. The molecule has 40 heavy (non-hydrogen) atoms. The molecule has 2 heterocycles. The minimum absolute atomic E-state index is 0.00838. The van der Waals surface area contributed by atoms with Crippen LogP contribution in [-0.4, -0.2) is 80.5 Å². The second-order valence-electron chi connectivity index (χ2n) is 9.35. The van der Waals surface area contributed by atoms with E-state index in [1.165, 1.54) is 31.1 Å². The van der Waals surface area contributed by atoms with E-state index in [-0.39, 0.29) is 28.8 Å². The number of Topliss-reactive ketones (excluding diaryl/α,β-unsaturated/α-hetero) is 2. The highest BCUT2D eigenvalue weighted by Gasteiger charge is 2.42. The average molecular weight is 633 g/mol. The van der Waals surface area contributed by atoms with Crippen molar-refractivity contribution in [2.75, 3.05) is 23.0 Å². The minimum Gasteiger partial charge on any atom is -0.299 e. The van der Waals surface area contributed by atoms with Gasteiger partial charge in [0.05, 0.1) is 27.7 Å². The van der Waals surface area contributed by atoms with Crippen molar-refractivity contribution < 1.29 is 35.5 Å². The maximum Gasteiger partial charge on any atom is 0.265 e. The summed E-state index contributed by atoms with van der Waals surface area (Å²) in [7, 11) is -8.45. The van der Waals surface area contributed by atoms with Crippen molar-refractivity contribution in [3.63, 3.8) is 0 Å². The largest absolute Gasteiger partial charge is 0.299 e. The van der Waals surface area contributed by atoms with Gasteiger partial charge < -0.3 is 0 Å². The van der Waals surface area contributed by atoms with Gasteiger partial charge in [-0.1, -0.05) is 13.3 Å². The Labute approximate surface area is 242 Å². The molecule has 2 aromatic rings. The van der Waals surface area contributed by atoms with Crippen LogP contribution in [0.25, 0.3) is 0 Å². The normalized spacial score (nSPS) is 19.8. The number of aryl methyl sites for hydroxylation is 1. The zero-order valence-electron chi connectivity index (χ0n) is 22.0. The molecule has 0 saturated heterocycles.